The first-order valence-electron chi connectivity index (χ1n) is 6.28. The monoisotopic (exact) mass is 416 g/mol. The molecular weight excluding hydrogens is 403 g/mol. The summed E-state index contributed by atoms with van der Waals surface area (Å²) in [5.74, 6) is 6.13. The fourth-order valence-electron chi connectivity index (χ4n) is 2.09. The maximum atomic E-state index is 13.5. The molecule has 0 heterocycles. The van der Waals surface area contributed by atoms with Crippen molar-refractivity contribution in [3.8, 4) is 5.75 Å². The van der Waals surface area contributed by atoms with Crippen LogP contribution in [0.25, 0.3) is 0 Å². The van der Waals surface area contributed by atoms with Crippen LogP contribution in [-0.2, 0) is 6.42 Å². The Bertz CT molecular complexity index is 637. The second kappa shape index (κ2) is 7.35. The highest BCUT2D eigenvalue weighted by Crippen LogP contribution is 2.30. The number of nitrogens with two attached hydrogens (primary N) is 1. The van der Waals surface area contributed by atoms with E-state index >= 15 is 0 Å². The molecule has 0 aromatic heterocycles. The molecular formula is C15H15Br2FN2O. The molecule has 0 amide bonds. The number of hydrogen-bond donors (Lipinski definition) is 2. The Hall–Kier alpha value is -0.950. The number of halogens is 3. The van der Waals surface area contributed by atoms with Gasteiger partial charge in [-0.25, -0.2) is 4.39 Å². The summed E-state index contributed by atoms with van der Waals surface area (Å²) in [6.07, 6.45) is 0.594. The molecule has 6 heteroatoms. The van der Waals surface area contributed by atoms with Gasteiger partial charge in [0, 0.05) is 8.95 Å². The largest absolute Gasteiger partial charge is 0.497 e. The number of nitrogens with one attached hydrogen (secondary N) is 1. The average Bonchev–Trinajstić information content (AvgIpc) is 2.49. The summed E-state index contributed by atoms with van der Waals surface area (Å²) in [5, 5.41) is 0. The minimum atomic E-state index is -0.293. The van der Waals surface area contributed by atoms with Crippen molar-refractivity contribution < 1.29 is 9.13 Å². The Kier molecular flexibility index (Phi) is 5.75. The van der Waals surface area contributed by atoms with Gasteiger partial charge in [-0.3, -0.25) is 11.3 Å². The highest BCUT2D eigenvalue weighted by Gasteiger charge is 2.16. The predicted octanol–water partition coefficient (Wildman–Crippen LogP) is 4.11. The molecule has 21 heavy (non-hydrogen) atoms. The standard InChI is InChI=1S/C15H15Br2FN2O/c1-21-11-3-5-13(16)9(6-11)7-15(20-19)12-8-10(18)2-4-14(12)17/h2-6,8,15,20H,7,19H2,1H3. The van der Waals surface area contributed by atoms with E-state index in [-0.39, 0.29) is 11.9 Å². The predicted molar refractivity (Wildman–Crippen MR) is 88.6 cm³/mol. The lowest BCUT2D eigenvalue weighted by molar-refractivity contribution is 0.413. The molecule has 0 aliphatic rings. The van der Waals surface area contributed by atoms with Crippen molar-refractivity contribution in [1.29, 1.82) is 0 Å². The van der Waals surface area contributed by atoms with Crippen molar-refractivity contribution in [2.75, 3.05) is 7.11 Å². The van der Waals surface area contributed by atoms with Gasteiger partial charge in [-0.1, -0.05) is 31.9 Å². The lowest BCUT2D eigenvalue weighted by Gasteiger charge is -2.19. The lowest BCUT2D eigenvalue weighted by atomic mass is 9.99. The van der Waals surface area contributed by atoms with Crippen LogP contribution in [0.15, 0.2) is 45.3 Å². The Balaban J connectivity index is 2.33. The van der Waals surface area contributed by atoms with Crippen molar-refractivity contribution in [1.82, 2.24) is 5.43 Å². The number of methoxy groups -OCH3 is 1. The lowest BCUT2D eigenvalue weighted by Crippen LogP contribution is -2.30. The molecule has 0 aliphatic heterocycles. The van der Waals surface area contributed by atoms with E-state index < -0.39 is 0 Å². The van der Waals surface area contributed by atoms with Gasteiger partial charge in [0.25, 0.3) is 0 Å². The van der Waals surface area contributed by atoms with Gasteiger partial charge in [-0.2, -0.15) is 0 Å². The minimum absolute atomic E-state index is 0.224. The molecule has 0 aliphatic carbocycles. The maximum absolute atomic E-state index is 13.5. The van der Waals surface area contributed by atoms with Crippen molar-refractivity contribution >= 4 is 31.9 Å². The van der Waals surface area contributed by atoms with Gasteiger partial charge >= 0.3 is 0 Å². The molecule has 2 aromatic carbocycles. The number of benzene rings is 2. The van der Waals surface area contributed by atoms with Gasteiger partial charge in [0.2, 0.25) is 0 Å². The van der Waals surface area contributed by atoms with Crippen molar-refractivity contribution in [2.24, 2.45) is 5.84 Å². The molecule has 0 radical (unpaired) electrons. The fraction of sp³-hybridized carbons (Fsp3) is 0.200. The normalized spacial score (nSPS) is 12.2. The summed E-state index contributed by atoms with van der Waals surface area (Å²) in [7, 11) is 1.62. The van der Waals surface area contributed by atoms with Crippen LogP contribution in [0.4, 0.5) is 4.39 Å². The highest BCUT2D eigenvalue weighted by molar-refractivity contribution is 9.10. The molecule has 2 aromatic rings. The maximum Gasteiger partial charge on any atom is 0.123 e. The van der Waals surface area contributed by atoms with Gasteiger partial charge in [0.05, 0.1) is 13.2 Å². The number of ether oxygens (including phenoxy) is 1. The molecule has 0 spiro atoms. The van der Waals surface area contributed by atoms with E-state index in [0.29, 0.717) is 6.42 Å². The number of hydrogen-bond acceptors (Lipinski definition) is 3. The summed E-state index contributed by atoms with van der Waals surface area (Å²) in [5.41, 5.74) is 4.53. The van der Waals surface area contributed by atoms with E-state index in [2.05, 4.69) is 37.3 Å². The van der Waals surface area contributed by atoms with Gasteiger partial charge < -0.3 is 4.74 Å². The zero-order valence-electron chi connectivity index (χ0n) is 11.4. The van der Waals surface area contributed by atoms with Crippen molar-refractivity contribution in [2.45, 2.75) is 12.5 Å². The summed E-state index contributed by atoms with van der Waals surface area (Å²) in [6, 6.07) is 10.1. The Morgan fingerprint density at radius 3 is 2.57 bits per heavy atom. The first-order valence-corrected chi connectivity index (χ1v) is 7.87. The van der Waals surface area contributed by atoms with Crippen LogP contribution >= 0.6 is 31.9 Å². The van der Waals surface area contributed by atoms with E-state index in [1.807, 2.05) is 18.2 Å². The first-order chi connectivity index (χ1) is 10.0. The van der Waals surface area contributed by atoms with Gasteiger partial charge in [-0.05, 0) is 53.9 Å². The molecule has 2 rings (SSSR count). The van der Waals surface area contributed by atoms with Gasteiger partial charge in [0.15, 0.2) is 0 Å². The highest BCUT2D eigenvalue weighted by atomic mass is 79.9. The van der Waals surface area contributed by atoms with E-state index in [4.69, 9.17) is 10.6 Å². The van der Waals surface area contributed by atoms with Crippen LogP contribution < -0.4 is 16.0 Å². The second-order valence-electron chi connectivity index (χ2n) is 4.55. The van der Waals surface area contributed by atoms with E-state index in [1.54, 1.807) is 13.2 Å². The Labute approximate surface area is 139 Å². The zero-order chi connectivity index (χ0) is 15.4. The van der Waals surface area contributed by atoms with Crippen LogP contribution in [-0.4, -0.2) is 7.11 Å². The smallest absolute Gasteiger partial charge is 0.123 e. The zero-order valence-corrected chi connectivity index (χ0v) is 14.5. The third-order valence-electron chi connectivity index (χ3n) is 3.21. The van der Waals surface area contributed by atoms with Crippen LogP contribution in [0.2, 0.25) is 0 Å². The molecule has 3 nitrogen and oxygen atoms in total. The average molecular weight is 418 g/mol. The molecule has 112 valence electrons. The molecule has 0 bridgehead atoms. The van der Waals surface area contributed by atoms with E-state index in [9.17, 15) is 4.39 Å². The third-order valence-corrected chi connectivity index (χ3v) is 4.71. The fourth-order valence-corrected chi connectivity index (χ4v) is 3.03. The summed E-state index contributed by atoms with van der Waals surface area (Å²) in [6.45, 7) is 0. The molecule has 0 saturated heterocycles. The van der Waals surface area contributed by atoms with Crippen LogP contribution in [0.1, 0.15) is 17.2 Å². The number of rotatable bonds is 5. The summed E-state index contributed by atoms with van der Waals surface area (Å²) >= 11 is 6.95. The molecule has 0 fully saturated rings. The Morgan fingerprint density at radius 1 is 1.19 bits per heavy atom. The minimum Gasteiger partial charge on any atom is -0.497 e. The summed E-state index contributed by atoms with van der Waals surface area (Å²) < 4.78 is 20.5. The number of hydrazine groups is 1. The SMILES string of the molecule is COc1ccc(Br)c(CC(NN)c2cc(F)ccc2Br)c1. The second-order valence-corrected chi connectivity index (χ2v) is 6.26. The first kappa shape index (κ1) is 16.4. The summed E-state index contributed by atoms with van der Waals surface area (Å²) in [4.78, 5) is 0. The molecule has 1 atom stereocenters. The van der Waals surface area contributed by atoms with Gasteiger partial charge in [0.1, 0.15) is 11.6 Å². The molecule has 1 unspecified atom stereocenters. The van der Waals surface area contributed by atoms with Crippen LogP contribution in [0, 0.1) is 5.82 Å². The topological polar surface area (TPSA) is 47.3 Å². The van der Waals surface area contributed by atoms with Crippen molar-refractivity contribution in [3.63, 3.8) is 0 Å². The third kappa shape index (κ3) is 4.03. The Morgan fingerprint density at radius 2 is 1.90 bits per heavy atom. The van der Waals surface area contributed by atoms with E-state index in [1.165, 1.54) is 12.1 Å². The molecule has 3 N–H and O–H groups in total. The van der Waals surface area contributed by atoms with E-state index in [0.717, 1.165) is 25.8 Å². The van der Waals surface area contributed by atoms with Gasteiger partial charge in [-0.15, -0.1) is 0 Å². The molecule has 0 saturated carbocycles. The van der Waals surface area contributed by atoms with Crippen LogP contribution in [0.5, 0.6) is 5.75 Å². The van der Waals surface area contributed by atoms with Crippen LogP contribution in [0.3, 0.4) is 0 Å². The van der Waals surface area contributed by atoms with Crippen molar-refractivity contribution in [3.05, 3.63) is 62.3 Å². The quantitative estimate of drug-likeness (QED) is 0.568.